The predicted octanol–water partition coefficient (Wildman–Crippen LogP) is 4.65. The van der Waals surface area contributed by atoms with E-state index in [0.29, 0.717) is 29.6 Å². The van der Waals surface area contributed by atoms with E-state index in [-0.39, 0.29) is 54.4 Å². The largest absolute Gasteiger partial charge is 0.400 e. The molecule has 5 aliphatic carbocycles. The van der Waals surface area contributed by atoms with Crippen molar-refractivity contribution in [2.45, 2.75) is 199 Å². The topological polar surface area (TPSA) is 177 Å². The van der Waals surface area contributed by atoms with Gasteiger partial charge in [-0.3, -0.25) is 0 Å². The number of hydrogen-bond donors (Lipinski definition) is 6. The fourth-order valence-corrected chi connectivity index (χ4v) is 11.2. The van der Waals surface area contributed by atoms with Crippen molar-refractivity contribution in [3.63, 3.8) is 0 Å². The molecule has 0 aromatic carbocycles. The molecular formula is C44H76O12. The molecular weight excluding hydrogens is 720 g/mol. The van der Waals surface area contributed by atoms with Crippen LogP contribution in [0.1, 0.15) is 114 Å². The molecule has 3 saturated heterocycles. The first-order valence-corrected chi connectivity index (χ1v) is 21.4. The van der Waals surface area contributed by atoms with Crippen LogP contribution in [0, 0.1) is 40.9 Å². The minimum Gasteiger partial charge on any atom is -0.400 e. The molecule has 17 atom stereocenters. The Morgan fingerprint density at radius 2 is 1.25 bits per heavy atom. The first kappa shape index (κ1) is 46.1. The Bertz CT molecular complexity index is 1330. The lowest BCUT2D eigenvalue weighted by Crippen LogP contribution is -2.63. The highest BCUT2D eigenvalue weighted by Crippen LogP contribution is 2.52. The van der Waals surface area contributed by atoms with Gasteiger partial charge in [-0.05, 0) is 116 Å². The SMILES string of the molecule is CC.CC1(C)CC2C=CC(C[C@@H]3CC=CC4OC(C)(C)OC43)[C@@H](O)C2C1.CC1(C)CC2C[C@@H](O)C[C@@H](COC3[C@@H](O)C4OC(C)(C)OC4[C@@H](O)[C@H]3O)C2O1.CO. The van der Waals surface area contributed by atoms with Crippen LogP contribution >= 0.6 is 0 Å². The van der Waals surface area contributed by atoms with Crippen LogP contribution in [-0.2, 0) is 28.4 Å². The van der Waals surface area contributed by atoms with E-state index >= 15 is 0 Å². The average molecular weight is 797 g/mol. The maximum atomic E-state index is 11.0. The van der Waals surface area contributed by atoms with Gasteiger partial charge in [-0.25, -0.2) is 0 Å². The lowest BCUT2D eigenvalue weighted by atomic mass is 9.73. The van der Waals surface area contributed by atoms with E-state index in [2.05, 4.69) is 52.0 Å². The highest BCUT2D eigenvalue weighted by Gasteiger charge is 2.58. The summed E-state index contributed by atoms with van der Waals surface area (Å²) in [6.07, 6.45) is 8.96. The quantitative estimate of drug-likeness (QED) is 0.213. The van der Waals surface area contributed by atoms with Crippen molar-refractivity contribution >= 4 is 0 Å². The summed E-state index contributed by atoms with van der Waals surface area (Å²) in [4.78, 5) is 0. The Kier molecular flexibility index (Phi) is 14.7. The molecule has 0 spiro atoms. The summed E-state index contributed by atoms with van der Waals surface area (Å²) in [6.45, 7) is 20.4. The van der Waals surface area contributed by atoms with Gasteiger partial charge in [-0.2, -0.15) is 0 Å². The van der Waals surface area contributed by atoms with E-state index in [9.17, 15) is 25.5 Å². The zero-order valence-corrected chi connectivity index (χ0v) is 35.9. The van der Waals surface area contributed by atoms with Gasteiger partial charge in [0.1, 0.15) is 42.7 Å². The smallest absolute Gasteiger partial charge is 0.164 e. The summed E-state index contributed by atoms with van der Waals surface area (Å²) in [5.74, 6) is 0.469. The van der Waals surface area contributed by atoms with Crippen molar-refractivity contribution in [1.82, 2.24) is 0 Å². The first-order valence-electron chi connectivity index (χ1n) is 21.4. The fraction of sp³-hybridized carbons (Fsp3) is 0.909. The van der Waals surface area contributed by atoms with Crippen molar-refractivity contribution < 1.29 is 59.1 Å². The molecule has 8 rings (SSSR count). The molecule has 3 heterocycles. The zero-order chi connectivity index (χ0) is 41.5. The number of allylic oxidation sites excluding steroid dienone is 2. The molecule has 12 nitrogen and oxygen atoms in total. The van der Waals surface area contributed by atoms with E-state index < -0.39 is 54.3 Å². The Morgan fingerprint density at radius 1 is 0.625 bits per heavy atom. The van der Waals surface area contributed by atoms with Crippen molar-refractivity contribution in [2.75, 3.05) is 13.7 Å². The summed E-state index contributed by atoms with van der Waals surface area (Å²) < 4.78 is 35.7. The highest BCUT2D eigenvalue weighted by atomic mass is 16.8. The van der Waals surface area contributed by atoms with E-state index in [4.69, 9.17) is 33.5 Å². The van der Waals surface area contributed by atoms with Gasteiger partial charge in [0.05, 0.1) is 36.6 Å². The first-order chi connectivity index (χ1) is 26.2. The summed E-state index contributed by atoms with van der Waals surface area (Å²) in [5, 5.41) is 60.0. The van der Waals surface area contributed by atoms with Crippen LogP contribution in [0.5, 0.6) is 0 Å². The molecule has 3 saturated carbocycles. The molecule has 0 radical (unpaired) electrons. The number of ether oxygens (including phenoxy) is 6. The van der Waals surface area contributed by atoms with Gasteiger partial charge in [-0.1, -0.05) is 52.0 Å². The van der Waals surface area contributed by atoms with Crippen LogP contribution in [0.2, 0.25) is 0 Å². The molecule has 324 valence electrons. The molecule has 10 unspecified atom stereocenters. The number of aliphatic hydroxyl groups is 6. The molecule has 0 aromatic rings. The van der Waals surface area contributed by atoms with E-state index in [0.717, 1.165) is 39.2 Å². The van der Waals surface area contributed by atoms with Crippen LogP contribution in [-0.4, -0.2) is 129 Å². The van der Waals surface area contributed by atoms with Crippen LogP contribution in [0.3, 0.4) is 0 Å². The molecule has 8 aliphatic rings. The number of hydrogen-bond acceptors (Lipinski definition) is 12. The fourth-order valence-electron chi connectivity index (χ4n) is 11.2. The molecule has 6 N–H and O–H groups in total. The molecule has 56 heavy (non-hydrogen) atoms. The second-order valence-corrected chi connectivity index (χ2v) is 19.7. The summed E-state index contributed by atoms with van der Waals surface area (Å²) in [5.41, 5.74) is 0.131. The van der Waals surface area contributed by atoms with Gasteiger partial charge in [0.2, 0.25) is 0 Å². The predicted molar refractivity (Wildman–Crippen MR) is 211 cm³/mol. The third-order valence-corrected chi connectivity index (χ3v) is 13.2. The number of aliphatic hydroxyl groups excluding tert-OH is 6. The minimum atomic E-state index is -1.29. The van der Waals surface area contributed by atoms with E-state index in [1.165, 1.54) is 6.42 Å². The van der Waals surface area contributed by atoms with Crippen molar-refractivity contribution in [3.05, 3.63) is 24.3 Å². The average Bonchev–Trinajstić information content (AvgIpc) is 3.84. The summed E-state index contributed by atoms with van der Waals surface area (Å²) in [7, 11) is 1.00. The lowest BCUT2D eigenvalue weighted by molar-refractivity contribution is -0.216. The normalized spacial score (nSPS) is 47.1. The number of rotatable bonds is 5. The molecule has 0 bridgehead atoms. The van der Waals surface area contributed by atoms with Crippen molar-refractivity contribution in [2.24, 2.45) is 40.9 Å². The molecule has 0 aromatic heterocycles. The van der Waals surface area contributed by atoms with Crippen LogP contribution in [0.4, 0.5) is 0 Å². The monoisotopic (exact) mass is 797 g/mol. The van der Waals surface area contributed by atoms with Gasteiger partial charge in [0, 0.05) is 18.9 Å². The van der Waals surface area contributed by atoms with Crippen LogP contribution in [0.15, 0.2) is 24.3 Å². The van der Waals surface area contributed by atoms with E-state index in [1.807, 2.05) is 27.7 Å². The van der Waals surface area contributed by atoms with Crippen LogP contribution in [0.25, 0.3) is 0 Å². The Hall–Kier alpha value is -1.00. The standard InChI is InChI=1S/C21H32O3.C20H34O8.C2H6.CH4O/c1-20(2)11-15-9-8-13(18(22)16(15)12-20)10-14-6-5-7-17-19(14)24-21(3,4)23-17;1-19(2)7-9-5-11(21)6-10(15(9)26-19)8-25-16-12(22)13(23)17-18(14(16)24)28-20(3,4)27-17;2*1-2/h5,7-9,13-19,22H,6,10-12H2,1-4H3;9-18,21-24H,5-8H2,1-4H3;1-2H3;2H,1H3/t13?,14-,15?,16?,17?,18+,19?;9?,10-,11+,12+,13-,14+,15?,16?,17?,18?;;/m00../s1. The summed E-state index contributed by atoms with van der Waals surface area (Å²) in [6, 6.07) is 0. The zero-order valence-electron chi connectivity index (χ0n) is 35.9. The second-order valence-electron chi connectivity index (χ2n) is 19.7. The lowest BCUT2D eigenvalue weighted by Gasteiger charge is -2.42. The van der Waals surface area contributed by atoms with Gasteiger partial charge in [0.15, 0.2) is 11.6 Å². The summed E-state index contributed by atoms with van der Waals surface area (Å²) >= 11 is 0. The van der Waals surface area contributed by atoms with Gasteiger partial charge >= 0.3 is 0 Å². The maximum Gasteiger partial charge on any atom is 0.164 e. The molecule has 0 amide bonds. The van der Waals surface area contributed by atoms with Crippen LogP contribution < -0.4 is 0 Å². The third-order valence-electron chi connectivity index (χ3n) is 13.2. The van der Waals surface area contributed by atoms with Crippen molar-refractivity contribution in [1.29, 1.82) is 0 Å². The molecule has 6 fully saturated rings. The van der Waals surface area contributed by atoms with Gasteiger partial charge in [0.25, 0.3) is 0 Å². The third kappa shape index (κ3) is 10.1. The van der Waals surface area contributed by atoms with Crippen molar-refractivity contribution in [3.8, 4) is 0 Å². The second kappa shape index (κ2) is 17.9. The molecule has 12 heteroatoms. The van der Waals surface area contributed by atoms with Gasteiger partial charge < -0.3 is 59.1 Å². The van der Waals surface area contributed by atoms with Gasteiger partial charge in [-0.15, -0.1) is 0 Å². The Balaban J connectivity index is 0.000000199. The highest BCUT2D eigenvalue weighted by molar-refractivity contribution is 5.13. The minimum absolute atomic E-state index is 0.0149. The maximum absolute atomic E-state index is 11.0. The van der Waals surface area contributed by atoms with E-state index in [1.54, 1.807) is 13.8 Å². The number of fused-ring (bicyclic) bond motifs is 4. The Labute approximate surface area is 335 Å². The Morgan fingerprint density at radius 3 is 1.93 bits per heavy atom. The molecule has 3 aliphatic heterocycles.